The van der Waals surface area contributed by atoms with Crippen molar-refractivity contribution in [1.29, 1.82) is 0 Å². The lowest BCUT2D eigenvalue weighted by molar-refractivity contribution is -0.114. The van der Waals surface area contributed by atoms with Crippen LogP contribution in [0.15, 0.2) is 12.2 Å². The summed E-state index contributed by atoms with van der Waals surface area (Å²) < 4.78 is 0. The molecule has 100 valence electrons. The van der Waals surface area contributed by atoms with Crippen molar-refractivity contribution in [2.75, 3.05) is 0 Å². The summed E-state index contributed by atoms with van der Waals surface area (Å²) in [6.45, 7) is 0. The van der Waals surface area contributed by atoms with E-state index >= 15 is 0 Å². The first-order chi connectivity index (χ1) is 8.89. The van der Waals surface area contributed by atoms with Crippen LogP contribution in [-0.4, -0.2) is 5.78 Å². The van der Waals surface area contributed by atoms with Gasteiger partial charge in [-0.1, -0.05) is 56.9 Å². The normalized spacial score (nSPS) is 22.6. The van der Waals surface area contributed by atoms with E-state index in [0.717, 1.165) is 19.3 Å². The van der Waals surface area contributed by atoms with Gasteiger partial charge in [0.1, 0.15) is 0 Å². The van der Waals surface area contributed by atoms with E-state index in [2.05, 4.69) is 11.8 Å². The largest absolute Gasteiger partial charge is 0.295 e. The van der Waals surface area contributed by atoms with Crippen LogP contribution >= 0.6 is 0 Å². The highest BCUT2D eigenvalue weighted by atomic mass is 16.1. The number of rotatable bonds is 0. The molecule has 0 aromatic carbocycles. The molecule has 0 aromatic heterocycles. The van der Waals surface area contributed by atoms with Crippen molar-refractivity contribution >= 4 is 5.78 Å². The summed E-state index contributed by atoms with van der Waals surface area (Å²) >= 11 is 0. The average molecular weight is 246 g/mol. The predicted octanol–water partition coefficient (Wildman–Crippen LogP) is 4.81. The summed E-state index contributed by atoms with van der Waals surface area (Å²) in [7, 11) is 0. The Kier molecular flexibility index (Phi) is 9.25. The average Bonchev–Trinajstić information content (AvgIpc) is 2.37. The molecular weight excluding hydrogens is 220 g/mol. The van der Waals surface area contributed by atoms with Crippen molar-refractivity contribution in [2.24, 2.45) is 0 Å². The minimum atomic E-state index is 0.265. The number of allylic oxidation sites excluding steroid dienone is 2. The van der Waals surface area contributed by atoms with Crippen molar-refractivity contribution in [1.82, 2.24) is 0 Å². The minimum absolute atomic E-state index is 0.265. The van der Waals surface area contributed by atoms with Gasteiger partial charge >= 0.3 is 0 Å². The second-order valence-corrected chi connectivity index (χ2v) is 5.11. The third-order valence-corrected chi connectivity index (χ3v) is 3.37. The zero-order valence-electron chi connectivity index (χ0n) is 11.5. The molecule has 1 aliphatic rings. The Morgan fingerprint density at radius 3 is 2.11 bits per heavy atom. The van der Waals surface area contributed by atoms with Crippen molar-refractivity contribution < 1.29 is 4.79 Å². The number of ketones is 1. The van der Waals surface area contributed by atoms with Gasteiger partial charge < -0.3 is 0 Å². The SMILES string of the molecule is O=C1/C=C\CC#CCCCCCCCCCCC1. The molecule has 0 aromatic rings. The van der Waals surface area contributed by atoms with E-state index in [0.29, 0.717) is 6.42 Å². The highest BCUT2D eigenvalue weighted by molar-refractivity contribution is 5.89. The van der Waals surface area contributed by atoms with Crippen LogP contribution in [0.3, 0.4) is 0 Å². The highest BCUT2D eigenvalue weighted by Gasteiger charge is 1.97. The summed E-state index contributed by atoms with van der Waals surface area (Å²) in [6.07, 6.45) is 17.6. The number of hydrogen-bond donors (Lipinski definition) is 0. The van der Waals surface area contributed by atoms with Gasteiger partial charge in [0.2, 0.25) is 0 Å². The maximum Gasteiger partial charge on any atom is 0.155 e. The van der Waals surface area contributed by atoms with Gasteiger partial charge in [-0.25, -0.2) is 0 Å². The quantitative estimate of drug-likeness (QED) is 0.561. The molecule has 0 unspecified atom stereocenters. The van der Waals surface area contributed by atoms with Crippen molar-refractivity contribution in [3.63, 3.8) is 0 Å². The highest BCUT2D eigenvalue weighted by Crippen LogP contribution is 2.11. The van der Waals surface area contributed by atoms with Gasteiger partial charge in [0.15, 0.2) is 5.78 Å². The first-order valence-electron chi connectivity index (χ1n) is 7.55. The van der Waals surface area contributed by atoms with Crippen molar-refractivity contribution in [2.45, 2.75) is 77.0 Å². The van der Waals surface area contributed by atoms with Crippen LogP contribution in [-0.2, 0) is 4.79 Å². The van der Waals surface area contributed by atoms with Crippen molar-refractivity contribution in [3.8, 4) is 11.8 Å². The second kappa shape index (κ2) is 11.1. The molecule has 0 saturated heterocycles. The van der Waals surface area contributed by atoms with Crippen LogP contribution in [0.4, 0.5) is 0 Å². The molecule has 0 amide bonds. The van der Waals surface area contributed by atoms with Crippen molar-refractivity contribution in [3.05, 3.63) is 12.2 Å². The van der Waals surface area contributed by atoms with Gasteiger partial charge in [-0.15, -0.1) is 5.92 Å². The lowest BCUT2D eigenvalue weighted by atomic mass is 10.0. The molecule has 0 aliphatic heterocycles. The Labute approximate surface area is 112 Å². The fourth-order valence-corrected chi connectivity index (χ4v) is 2.24. The third kappa shape index (κ3) is 9.05. The van der Waals surface area contributed by atoms with Gasteiger partial charge in [0.05, 0.1) is 0 Å². The van der Waals surface area contributed by atoms with E-state index in [1.807, 2.05) is 6.08 Å². The molecule has 0 saturated carbocycles. The molecule has 18 heavy (non-hydrogen) atoms. The number of hydrogen-bond acceptors (Lipinski definition) is 1. The second-order valence-electron chi connectivity index (χ2n) is 5.11. The van der Waals surface area contributed by atoms with E-state index in [1.165, 1.54) is 51.4 Å². The van der Waals surface area contributed by atoms with Crippen LogP contribution < -0.4 is 0 Å². The molecule has 0 heterocycles. The van der Waals surface area contributed by atoms with Gasteiger partial charge in [0, 0.05) is 19.3 Å². The first-order valence-corrected chi connectivity index (χ1v) is 7.55. The summed E-state index contributed by atoms with van der Waals surface area (Å²) in [5.74, 6) is 6.56. The zero-order valence-corrected chi connectivity index (χ0v) is 11.5. The van der Waals surface area contributed by atoms with E-state index in [9.17, 15) is 4.79 Å². The standard InChI is InChI=1S/C17H26O/c18-17-15-13-11-9-7-5-3-1-2-4-6-8-10-12-14-16-17/h14,16H,1-7,9,11-13,15H2/b16-14-. The predicted molar refractivity (Wildman–Crippen MR) is 77.3 cm³/mol. The lowest BCUT2D eigenvalue weighted by Gasteiger charge is -2.01. The molecule has 0 spiro atoms. The molecule has 1 aliphatic carbocycles. The Bertz CT molecular complexity index is 303. The lowest BCUT2D eigenvalue weighted by Crippen LogP contribution is -1.92. The molecule has 1 heteroatoms. The van der Waals surface area contributed by atoms with Gasteiger partial charge in [-0.3, -0.25) is 4.79 Å². The summed E-state index contributed by atoms with van der Waals surface area (Å²) in [4.78, 5) is 11.5. The van der Waals surface area contributed by atoms with Gasteiger partial charge in [-0.05, 0) is 18.9 Å². The molecule has 0 radical (unpaired) electrons. The maximum absolute atomic E-state index is 11.5. The molecule has 0 fully saturated rings. The van der Waals surface area contributed by atoms with Crippen LogP contribution in [0.1, 0.15) is 77.0 Å². The molecule has 0 atom stereocenters. The van der Waals surface area contributed by atoms with Gasteiger partial charge in [0.25, 0.3) is 0 Å². The maximum atomic E-state index is 11.5. The van der Waals surface area contributed by atoms with E-state index in [1.54, 1.807) is 6.08 Å². The van der Waals surface area contributed by atoms with E-state index < -0.39 is 0 Å². The summed E-state index contributed by atoms with van der Waals surface area (Å²) in [5, 5.41) is 0. The number of carbonyl (C=O) groups is 1. The molecule has 0 bridgehead atoms. The molecule has 1 rings (SSSR count). The van der Waals surface area contributed by atoms with E-state index in [4.69, 9.17) is 0 Å². The Balaban J connectivity index is 2.28. The molecule has 1 nitrogen and oxygen atoms in total. The summed E-state index contributed by atoms with van der Waals surface area (Å²) in [6, 6.07) is 0. The topological polar surface area (TPSA) is 17.1 Å². The molecule has 0 N–H and O–H groups in total. The van der Waals surface area contributed by atoms with Gasteiger partial charge in [-0.2, -0.15) is 0 Å². The van der Waals surface area contributed by atoms with Crippen LogP contribution in [0.25, 0.3) is 0 Å². The van der Waals surface area contributed by atoms with E-state index in [-0.39, 0.29) is 5.78 Å². The van der Waals surface area contributed by atoms with Crippen LogP contribution in [0, 0.1) is 11.8 Å². The Morgan fingerprint density at radius 2 is 1.39 bits per heavy atom. The third-order valence-electron chi connectivity index (χ3n) is 3.37. The Morgan fingerprint density at radius 1 is 0.778 bits per heavy atom. The minimum Gasteiger partial charge on any atom is -0.295 e. The zero-order chi connectivity index (χ0) is 12.9. The Hall–Kier alpha value is -1.03. The first kappa shape index (κ1) is 15.0. The van der Waals surface area contributed by atoms with Crippen LogP contribution in [0.2, 0.25) is 0 Å². The summed E-state index contributed by atoms with van der Waals surface area (Å²) in [5.41, 5.74) is 0. The fraction of sp³-hybridized carbons (Fsp3) is 0.706. The monoisotopic (exact) mass is 246 g/mol. The fourth-order valence-electron chi connectivity index (χ4n) is 2.24. The number of carbonyl (C=O) groups excluding carboxylic acids is 1. The molecular formula is C17H26O. The smallest absolute Gasteiger partial charge is 0.155 e. The van der Waals surface area contributed by atoms with Crippen LogP contribution in [0.5, 0.6) is 0 Å².